The fraction of sp³-hybridized carbons (Fsp3) is 0.583. The van der Waals surface area contributed by atoms with Crippen LogP contribution in [0.1, 0.15) is 50.0 Å². The highest BCUT2D eigenvalue weighted by Gasteiger charge is 2.40. The summed E-state index contributed by atoms with van der Waals surface area (Å²) >= 11 is 0. The average molecular weight is 367 g/mol. The Labute approximate surface area is 164 Å². The molecule has 1 N–H and O–H groups in total. The van der Waals surface area contributed by atoms with Gasteiger partial charge < -0.3 is 14.9 Å². The van der Waals surface area contributed by atoms with Gasteiger partial charge in [-0.25, -0.2) is 0 Å². The molecule has 2 aliphatic rings. The third-order valence-corrected chi connectivity index (χ3v) is 6.96. The predicted molar refractivity (Wildman–Crippen MR) is 113 cm³/mol. The Morgan fingerprint density at radius 3 is 2.52 bits per heavy atom. The van der Waals surface area contributed by atoms with Gasteiger partial charge in [0.2, 0.25) is 0 Å². The van der Waals surface area contributed by atoms with E-state index in [1.807, 2.05) is 0 Å². The van der Waals surface area contributed by atoms with Crippen molar-refractivity contribution >= 4 is 10.8 Å². The van der Waals surface area contributed by atoms with Gasteiger partial charge >= 0.3 is 0 Å². The molecule has 1 aliphatic heterocycles. The topological polar surface area (TPSA) is 26.7 Å². The van der Waals surface area contributed by atoms with Gasteiger partial charge in [0.1, 0.15) is 0 Å². The molecular formula is C24H34N2O. The summed E-state index contributed by atoms with van der Waals surface area (Å²) < 4.78 is 0. The van der Waals surface area contributed by atoms with Gasteiger partial charge in [-0.3, -0.25) is 0 Å². The van der Waals surface area contributed by atoms with E-state index in [2.05, 4.69) is 66.4 Å². The average Bonchev–Trinajstić information content (AvgIpc) is 3.15. The van der Waals surface area contributed by atoms with Crippen LogP contribution in [0.3, 0.4) is 0 Å². The van der Waals surface area contributed by atoms with Crippen molar-refractivity contribution < 1.29 is 5.11 Å². The van der Waals surface area contributed by atoms with Gasteiger partial charge in [0.15, 0.2) is 0 Å². The van der Waals surface area contributed by atoms with Crippen LogP contribution in [0.15, 0.2) is 42.5 Å². The van der Waals surface area contributed by atoms with E-state index in [9.17, 15) is 5.11 Å². The van der Waals surface area contributed by atoms with Gasteiger partial charge in [-0.1, -0.05) is 61.7 Å². The highest BCUT2D eigenvalue weighted by molar-refractivity contribution is 5.83. The molecule has 146 valence electrons. The van der Waals surface area contributed by atoms with Crippen LogP contribution in [0.2, 0.25) is 0 Å². The van der Waals surface area contributed by atoms with Crippen molar-refractivity contribution in [2.75, 3.05) is 33.7 Å². The zero-order valence-electron chi connectivity index (χ0n) is 16.9. The molecule has 0 bridgehead atoms. The monoisotopic (exact) mass is 366 g/mol. The van der Waals surface area contributed by atoms with Crippen molar-refractivity contribution in [2.45, 2.75) is 56.1 Å². The molecule has 0 radical (unpaired) electrons. The maximum atomic E-state index is 11.7. The minimum absolute atomic E-state index is 0.198. The van der Waals surface area contributed by atoms with Crippen molar-refractivity contribution in [1.82, 2.24) is 9.80 Å². The van der Waals surface area contributed by atoms with E-state index < -0.39 is 5.60 Å². The smallest absolute Gasteiger partial charge is 0.0728 e. The van der Waals surface area contributed by atoms with Crippen LogP contribution >= 0.6 is 0 Å². The molecule has 1 heterocycles. The highest BCUT2D eigenvalue weighted by atomic mass is 16.3. The molecule has 0 spiro atoms. The SMILES string of the molecule is CN(C)[C@@H]1CCN(CC(c2ccc3ccccc3c2)C2(O)CCCCC2)C1. The summed E-state index contributed by atoms with van der Waals surface area (Å²) in [5.41, 5.74) is 0.753. The number of hydrogen-bond donors (Lipinski definition) is 1. The number of likely N-dealkylation sites (tertiary alicyclic amines) is 1. The zero-order valence-corrected chi connectivity index (χ0v) is 16.9. The Morgan fingerprint density at radius 1 is 1.07 bits per heavy atom. The lowest BCUT2D eigenvalue weighted by atomic mass is 9.72. The molecule has 27 heavy (non-hydrogen) atoms. The second kappa shape index (κ2) is 7.90. The van der Waals surface area contributed by atoms with E-state index >= 15 is 0 Å². The van der Waals surface area contributed by atoms with Crippen molar-refractivity contribution in [3.05, 3.63) is 48.0 Å². The first-order valence-corrected chi connectivity index (χ1v) is 10.6. The Morgan fingerprint density at radius 2 is 1.81 bits per heavy atom. The van der Waals surface area contributed by atoms with Crippen LogP contribution < -0.4 is 0 Å². The molecule has 2 aromatic rings. The van der Waals surface area contributed by atoms with Crippen LogP contribution in [-0.4, -0.2) is 60.3 Å². The Bertz CT molecular complexity index is 766. The molecule has 3 nitrogen and oxygen atoms in total. The molecule has 1 saturated carbocycles. The number of likely N-dealkylation sites (N-methyl/N-ethyl adjacent to an activating group) is 1. The Kier molecular flexibility index (Phi) is 5.54. The second-order valence-corrected chi connectivity index (χ2v) is 8.99. The van der Waals surface area contributed by atoms with Crippen molar-refractivity contribution in [2.24, 2.45) is 0 Å². The first kappa shape index (κ1) is 18.9. The summed E-state index contributed by atoms with van der Waals surface area (Å²) in [5, 5.41) is 14.2. The van der Waals surface area contributed by atoms with Crippen LogP contribution in [-0.2, 0) is 0 Å². The van der Waals surface area contributed by atoms with E-state index in [1.54, 1.807) is 0 Å². The summed E-state index contributed by atoms with van der Waals surface area (Å²) in [4.78, 5) is 4.93. The lowest BCUT2D eigenvalue weighted by molar-refractivity contribution is -0.0296. The third kappa shape index (κ3) is 4.06. The van der Waals surface area contributed by atoms with Crippen molar-refractivity contribution in [1.29, 1.82) is 0 Å². The van der Waals surface area contributed by atoms with Crippen molar-refractivity contribution in [3.8, 4) is 0 Å². The summed E-state index contributed by atoms with van der Waals surface area (Å²) in [6, 6.07) is 16.0. The Hall–Kier alpha value is -1.42. The number of rotatable bonds is 5. The molecule has 1 aliphatic carbocycles. The summed E-state index contributed by atoms with van der Waals surface area (Å²) in [7, 11) is 4.37. The maximum Gasteiger partial charge on any atom is 0.0728 e. The second-order valence-electron chi connectivity index (χ2n) is 8.99. The van der Waals surface area contributed by atoms with Gasteiger partial charge in [-0.15, -0.1) is 0 Å². The summed E-state index contributed by atoms with van der Waals surface area (Å²) in [6.07, 6.45) is 6.68. The third-order valence-electron chi connectivity index (χ3n) is 6.96. The fourth-order valence-corrected chi connectivity index (χ4v) is 5.18. The van der Waals surface area contributed by atoms with Gasteiger partial charge in [-0.2, -0.15) is 0 Å². The molecule has 1 unspecified atom stereocenters. The maximum absolute atomic E-state index is 11.7. The first-order valence-electron chi connectivity index (χ1n) is 10.6. The van der Waals surface area contributed by atoms with Crippen molar-refractivity contribution in [3.63, 3.8) is 0 Å². The van der Waals surface area contributed by atoms with Gasteiger partial charge in [0, 0.05) is 25.0 Å². The zero-order chi connectivity index (χ0) is 18.9. The number of nitrogens with zero attached hydrogens (tertiary/aromatic N) is 2. The molecule has 4 rings (SSSR count). The highest BCUT2D eigenvalue weighted by Crippen LogP contribution is 2.41. The van der Waals surface area contributed by atoms with Crippen LogP contribution in [0, 0.1) is 0 Å². The summed E-state index contributed by atoms with van der Waals surface area (Å²) in [5.74, 6) is 0.198. The Balaban J connectivity index is 1.63. The van der Waals surface area contributed by atoms with E-state index in [0.29, 0.717) is 6.04 Å². The van der Waals surface area contributed by atoms with Crippen LogP contribution in [0.25, 0.3) is 10.8 Å². The lowest BCUT2D eigenvalue weighted by Crippen LogP contribution is -2.44. The molecule has 2 aromatic carbocycles. The number of hydrogen-bond acceptors (Lipinski definition) is 3. The molecule has 2 fully saturated rings. The minimum Gasteiger partial charge on any atom is -0.389 e. The molecule has 0 aromatic heterocycles. The molecule has 1 saturated heterocycles. The van der Waals surface area contributed by atoms with Crippen LogP contribution in [0.5, 0.6) is 0 Å². The normalized spacial score (nSPS) is 24.5. The minimum atomic E-state index is -0.559. The van der Waals surface area contributed by atoms with Crippen LogP contribution in [0.4, 0.5) is 0 Å². The largest absolute Gasteiger partial charge is 0.389 e. The first-order chi connectivity index (χ1) is 13.0. The fourth-order valence-electron chi connectivity index (χ4n) is 5.18. The standard InChI is InChI=1S/C24H34N2O/c1-25(2)22-12-15-26(17-22)18-23(24(27)13-6-3-7-14-24)21-11-10-19-8-4-5-9-20(19)16-21/h4-5,8-11,16,22-23,27H,3,6-7,12-15,17-18H2,1-2H3/t22-,23?/m1/s1. The van der Waals surface area contributed by atoms with E-state index in [-0.39, 0.29) is 5.92 Å². The number of benzene rings is 2. The molecule has 2 atom stereocenters. The summed E-state index contributed by atoms with van der Waals surface area (Å²) in [6.45, 7) is 3.23. The van der Waals surface area contributed by atoms with Gasteiger partial charge in [0.25, 0.3) is 0 Å². The van der Waals surface area contributed by atoms with E-state index in [4.69, 9.17) is 0 Å². The molecule has 0 amide bonds. The number of fused-ring (bicyclic) bond motifs is 1. The van der Waals surface area contributed by atoms with E-state index in [1.165, 1.54) is 29.2 Å². The molecule has 3 heteroatoms. The predicted octanol–water partition coefficient (Wildman–Crippen LogP) is 4.25. The quantitative estimate of drug-likeness (QED) is 0.857. The lowest BCUT2D eigenvalue weighted by Gasteiger charge is -2.41. The van der Waals surface area contributed by atoms with Gasteiger partial charge in [-0.05, 0) is 56.2 Å². The van der Waals surface area contributed by atoms with Gasteiger partial charge in [0.05, 0.1) is 5.60 Å². The molecular weight excluding hydrogens is 332 g/mol. The number of aliphatic hydroxyl groups is 1. The van der Waals surface area contributed by atoms with E-state index in [0.717, 1.165) is 45.3 Å².